The monoisotopic (exact) mass is 317 g/mol. The van der Waals surface area contributed by atoms with Gasteiger partial charge in [-0.15, -0.1) is 3.89 Å². The van der Waals surface area contributed by atoms with Crippen molar-refractivity contribution in [3.05, 3.63) is 35.4 Å². The molecule has 0 unspecified atom stereocenters. The summed E-state index contributed by atoms with van der Waals surface area (Å²) >= 11 is 0. The molecule has 0 bridgehead atoms. The van der Waals surface area contributed by atoms with E-state index in [9.17, 15) is 26.1 Å². The zero-order valence-corrected chi connectivity index (χ0v) is 10.9. The Bertz CT molecular complexity index is 610. The van der Waals surface area contributed by atoms with Gasteiger partial charge in [-0.25, -0.2) is 8.51 Å². The molecule has 1 aromatic rings. The highest BCUT2D eigenvalue weighted by Crippen LogP contribution is 2.46. The molecule has 2 rings (SSSR count). The van der Waals surface area contributed by atoms with Crippen LogP contribution in [0.1, 0.15) is 15.9 Å². The number of benzene rings is 1. The third kappa shape index (κ3) is 2.74. The van der Waals surface area contributed by atoms with Crippen LogP contribution < -0.4 is 0 Å². The van der Waals surface area contributed by atoms with Gasteiger partial charge in [0, 0.05) is 16.2 Å². The molecule has 9 heteroatoms. The molecule has 0 fully saturated rings. The molecule has 0 spiro atoms. The molecule has 19 heavy (non-hydrogen) atoms. The van der Waals surface area contributed by atoms with Crippen molar-refractivity contribution < 1.29 is 26.1 Å². The number of carbonyl (C=O) groups is 1. The zero-order valence-electron chi connectivity index (χ0n) is 9.29. The fourth-order valence-corrected chi connectivity index (χ4v) is 4.02. The molecule has 1 aliphatic heterocycles. The maximum absolute atomic E-state index is 14.1. The maximum atomic E-state index is 14.1. The number of hydrogen-bond donors (Lipinski definition) is 0. The average molecular weight is 318 g/mol. The van der Waals surface area contributed by atoms with Gasteiger partial charge in [-0.3, -0.25) is 4.79 Å². The average Bonchev–Trinajstić information content (AvgIpc) is 2.53. The van der Waals surface area contributed by atoms with E-state index in [1.165, 1.54) is 24.3 Å². The van der Waals surface area contributed by atoms with Crippen molar-refractivity contribution in [3.8, 4) is 0 Å². The SMILES string of the molecule is O=C1c2ccccc2CN1S(=O)(F)(Cl)CC(F)(F)F. The van der Waals surface area contributed by atoms with Crippen LogP contribution in [-0.2, 0) is 15.4 Å². The fourth-order valence-electron chi connectivity index (χ4n) is 1.85. The quantitative estimate of drug-likeness (QED) is 0.621. The molecule has 106 valence electrons. The second-order valence-corrected chi connectivity index (χ2v) is 8.37. The lowest BCUT2D eigenvalue weighted by Gasteiger charge is -2.35. The number of fused-ring (bicyclic) bond motifs is 1. The van der Waals surface area contributed by atoms with E-state index in [0.717, 1.165) is 0 Å². The molecular formula is C10H8ClF4NO2S. The topological polar surface area (TPSA) is 37.4 Å². The Morgan fingerprint density at radius 1 is 1.32 bits per heavy atom. The van der Waals surface area contributed by atoms with Crippen LogP contribution in [0.5, 0.6) is 0 Å². The second-order valence-electron chi connectivity index (χ2n) is 4.12. The van der Waals surface area contributed by atoms with Crippen molar-refractivity contribution in [2.45, 2.75) is 12.7 Å². The first-order chi connectivity index (χ1) is 8.48. The molecule has 1 amide bonds. The van der Waals surface area contributed by atoms with Crippen molar-refractivity contribution in [1.29, 1.82) is 0 Å². The smallest absolute Gasteiger partial charge is 0.268 e. The number of halogens is 5. The van der Waals surface area contributed by atoms with Gasteiger partial charge in [0.15, 0.2) is 14.6 Å². The van der Waals surface area contributed by atoms with E-state index in [-0.39, 0.29) is 15.4 Å². The van der Waals surface area contributed by atoms with Crippen molar-refractivity contribution in [2.24, 2.45) is 0 Å². The number of nitrogens with zero attached hydrogens (tertiary/aromatic N) is 1. The number of carbonyl (C=O) groups excluding carboxylic acids is 1. The van der Waals surface area contributed by atoms with Gasteiger partial charge in [0.25, 0.3) is 5.91 Å². The van der Waals surface area contributed by atoms with Gasteiger partial charge in [0.1, 0.15) is 0 Å². The molecular weight excluding hydrogens is 310 g/mol. The predicted octanol–water partition coefficient (Wildman–Crippen LogP) is 2.98. The molecule has 3 nitrogen and oxygen atoms in total. The van der Waals surface area contributed by atoms with Gasteiger partial charge >= 0.3 is 6.18 Å². The van der Waals surface area contributed by atoms with Gasteiger partial charge in [-0.1, -0.05) is 18.2 Å². The summed E-state index contributed by atoms with van der Waals surface area (Å²) in [5, 5.41) is 0. The predicted molar refractivity (Wildman–Crippen MR) is 62.3 cm³/mol. The highest BCUT2D eigenvalue weighted by Gasteiger charge is 2.54. The van der Waals surface area contributed by atoms with Crippen molar-refractivity contribution in [2.75, 3.05) is 5.75 Å². The van der Waals surface area contributed by atoms with Crippen molar-refractivity contribution >= 4 is 25.4 Å². The Hall–Kier alpha value is -1.15. The van der Waals surface area contributed by atoms with Crippen LogP contribution in [-0.4, -0.2) is 26.4 Å². The summed E-state index contributed by atoms with van der Waals surface area (Å²) in [6, 6.07) is 5.74. The molecule has 0 aromatic heterocycles. The molecule has 0 saturated heterocycles. The number of alkyl halides is 3. The van der Waals surface area contributed by atoms with E-state index < -0.39 is 33.2 Å². The standard InChI is InChI=1S/C10H8ClF4NO2S/c11-19(15,18,6-10(12,13)14)16-5-7-3-1-2-4-8(7)9(16)17/h1-4H,5-6H2. The highest BCUT2D eigenvalue weighted by molar-refractivity contribution is 8.33. The van der Waals surface area contributed by atoms with Gasteiger partial charge in [0.2, 0.25) is 0 Å². The van der Waals surface area contributed by atoms with Crippen molar-refractivity contribution in [1.82, 2.24) is 4.31 Å². The number of amides is 1. The van der Waals surface area contributed by atoms with Gasteiger partial charge in [-0.2, -0.15) is 13.2 Å². The lowest BCUT2D eigenvalue weighted by atomic mass is 10.1. The van der Waals surface area contributed by atoms with Crippen LogP contribution in [0.3, 0.4) is 0 Å². The van der Waals surface area contributed by atoms with E-state index >= 15 is 0 Å². The number of rotatable bonds is 2. The summed E-state index contributed by atoms with van der Waals surface area (Å²) in [4.78, 5) is 11.8. The van der Waals surface area contributed by atoms with E-state index in [1.807, 2.05) is 0 Å². The Kier molecular flexibility index (Phi) is 2.94. The summed E-state index contributed by atoms with van der Waals surface area (Å²) in [6.07, 6.45) is -5.09. The van der Waals surface area contributed by atoms with Crippen LogP contribution in [0.15, 0.2) is 24.3 Å². The lowest BCUT2D eigenvalue weighted by molar-refractivity contribution is -0.107. The fraction of sp³-hybridized carbons (Fsp3) is 0.300. The molecule has 1 aliphatic rings. The Labute approximate surface area is 110 Å². The van der Waals surface area contributed by atoms with Crippen LogP contribution in [0.25, 0.3) is 0 Å². The summed E-state index contributed by atoms with van der Waals surface area (Å²) in [7, 11) is -1.25. The van der Waals surface area contributed by atoms with E-state index in [0.29, 0.717) is 0 Å². The van der Waals surface area contributed by atoms with Crippen LogP contribution >= 0.6 is 10.7 Å². The third-order valence-electron chi connectivity index (χ3n) is 2.60. The second kappa shape index (κ2) is 3.92. The minimum Gasteiger partial charge on any atom is -0.268 e. The molecule has 1 aromatic carbocycles. The molecule has 0 N–H and O–H groups in total. The van der Waals surface area contributed by atoms with E-state index in [2.05, 4.69) is 0 Å². The first kappa shape index (κ1) is 14.3. The maximum Gasteiger partial charge on any atom is 0.403 e. The first-order valence-electron chi connectivity index (χ1n) is 5.04. The molecule has 0 atom stereocenters. The minimum absolute atomic E-state index is 0.00169. The molecule has 0 radical (unpaired) electrons. The molecule has 0 saturated carbocycles. The van der Waals surface area contributed by atoms with Gasteiger partial charge < -0.3 is 0 Å². The van der Waals surface area contributed by atoms with Crippen LogP contribution in [0, 0.1) is 0 Å². The summed E-state index contributed by atoms with van der Waals surface area (Å²) in [5.41, 5.74) is 0.286. The van der Waals surface area contributed by atoms with Crippen LogP contribution in [0.4, 0.5) is 17.1 Å². The third-order valence-corrected chi connectivity index (χ3v) is 5.34. The van der Waals surface area contributed by atoms with Crippen molar-refractivity contribution in [3.63, 3.8) is 0 Å². The summed E-state index contributed by atoms with van der Waals surface area (Å²) in [6.45, 7) is -0.545. The highest BCUT2D eigenvalue weighted by atomic mass is 35.7. The summed E-state index contributed by atoms with van der Waals surface area (Å²) in [5.74, 6) is -3.49. The lowest BCUT2D eigenvalue weighted by Crippen LogP contribution is -2.48. The first-order valence-corrected chi connectivity index (χ1v) is 7.86. The van der Waals surface area contributed by atoms with Crippen LogP contribution in [0.2, 0.25) is 0 Å². The normalized spacial score (nSPS) is 18.1. The zero-order chi connectivity index (χ0) is 14.5. The Morgan fingerprint density at radius 3 is 2.42 bits per heavy atom. The molecule has 1 heterocycles. The Balaban J connectivity index is 2.40. The van der Waals surface area contributed by atoms with Gasteiger partial charge in [-0.05, 0) is 11.6 Å². The minimum atomic E-state index is -6.29. The number of hydrogen-bond acceptors (Lipinski definition) is 2. The van der Waals surface area contributed by atoms with E-state index in [1.54, 1.807) is 0 Å². The molecule has 0 aliphatic carbocycles. The van der Waals surface area contributed by atoms with Gasteiger partial charge in [0.05, 0.1) is 6.54 Å². The summed E-state index contributed by atoms with van der Waals surface area (Å²) < 4.78 is 62.6. The van der Waals surface area contributed by atoms with E-state index in [4.69, 9.17) is 10.7 Å². The largest absolute Gasteiger partial charge is 0.403 e. The Morgan fingerprint density at radius 2 is 1.89 bits per heavy atom.